The summed E-state index contributed by atoms with van der Waals surface area (Å²) in [6.07, 6.45) is 1.40. The quantitative estimate of drug-likeness (QED) is 0.868. The average Bonchev–Trinajstić information content (AvgIpc) is 2.74. The smallest absolute Gasteiger partial charge is 0.339 e. The molecule has 2 heterocycles. The summed E-state index contributed by atoms with van der Waals surface area (Å²) >= 11 is 0. The molecule has 0 amide bonds. The molecule has 0 aliphatic rings. The number of ether oxygens (including phenoxy) is 1. The molecule has 2 aromatic heterocycles. The maximum absolute atomic E-state index is 11.6. The Hall–Kier alpha value is -2.15. The van der Waals surface area contributed by atoms with Gasteiger partial charge in [-0.2, -0.15) is 5.10 Å². The molecule has 0 aromatic carbocycles. The van der Waals surface area contributed by atoms with E-state index in [0.29, 0.717) is 31.0 Å². The zero-order chi connectivity index (χ0) is 15.6. The lowest BCUT2D eigenvalue weighted by Crippen LogP contribution is -2.29. The standard InChI is InChI=1S/C14H20N4O3/c1-5-18(6-7-21-4)12-10(14(19)20)8-15-13-11(12)9(2)16-17(13)3/h8H,5-7H2,1-4H3,(H,19,20). The van der Waals surface area contributed by atoms with E-state index in [1.165, 1.54) is 6.20 Å². The summed E-state index contributed by atoms with van der Waals surface area (Å²) in [6, 6.07) is 0. The fraction of sp³-hybridized carbons (Fsp3) is 0.500. The highest BCUT2D eigenvalue weighted by Crippen LogP contribution is 2.31. The number of anilines is 1. The zero-order valence-corrected chi connectivity index (χ0v) is 12.8. The number of hydrogen-bond acceptors (Lipinski definition) is 5. The Kier molecular flexibility index (Phi) is 4.42. The van der Waals surface area contributed by atoms with Crippen LogP contribution in [0.5, 0.6) is 0 Å². The van der Waals surface area contributed by atoms with E-state index in [9.17, 15) is 9.90 Å². The van der Waals surface area contributed by atoms with Gasteiger partial charge >= 0.3 is 5.97 Å². The molecular weight excluding hydrogens is 272 g/mol. The second kappa shape index (κ2) is 6.09. The van der Waals surface area contributed by atoms with Gasteiger partial charge in [-0.15, -0.1) is 0 Å². The van der Waals surface area contributed by atoms with Crippen LogP contribution in [-0.4, -0.2) is 52.6 Å². The summed E-state index contributed by atoms with van der Waals surface area (Å²) < 4.78 is 6.79. The lowest BCUT2D eigenvalue weighted by Gasteiger charge is -2.25. The molecule has 0 aliphatic heterocycles. The van der Waals surface area contributed by atoms with E-state index >= 15 is 0 Å². The monoisotopic (exact) mass is 292 g/mol. The first-order valence-corrected chi connectivity index (χ1v) is 6.80. The van der Waals surface area contributed by atoms with Crippen LogP contribution < -0.4 is 4.90 Å². The van der Waals surface area contributed by atoms with Crippen molar-refractivity contribution in [3.05, 3.63) is 17.5 Å². The van der Waals surface area contributed by atoms with Gasteiger partial charge in [-0.05, 0) is 13.8 Å². The summed E-state index contributed by atoms with van der Waals surface area (Å²) in [5.41, 5.74) is 2.31. The molecule has 0 radical (unpaired) electrons. The van der Waals surface area contributed by atoms with Crippen molar-refractivity contribution in [2.45, 2.75) is 13.8 Å². The maximum Gasteiger partial charge on any atom is 0.339 e. The van der Waals surface area contributed by atoms with Crippen LogP contribution in [0.3, 0.4) is 0 Å². The van der Waals surface area contributed by atoms with Gasteiger partial charge in [0.15, 0.2) is 5.65 Å². The van der Waals surface area contributed by atoms with Crippen molar-refractivity contribution < 1.29 is 14.6 Å². The molecule has 21 heavy (non-hydrogen) atoms. The number of methoxy groups -OCH3 is 1. The number of aromatic carboxylic acids is 1. The number of carboxylic acids is 1. The Morgan fingerprint density at radius 3 is 2.81 bits per heavy atom. The van der Waals surface area contributed by atoms with E-state index in [0.717, 1.165) is 11.1 Å². The lowest BCUT2D eigenvalue weighted by atomic mass is 10.1. The van der Waals surface area contributed by atoms with Gasteiger partial charge in [-0.1, -0.05) is 0 Å². The summed E-state index contributed by atoms with van der Waals surface area (Å²) in [6.45, 7) is 5.66. The molecule has 0 bridgehead atoms. The van der Waals surface area contributed by atoms with E-state index in [4.69, 9.17) is 4.74 Å². The minimum atomic E-state index is -0.987. The molecule has 0 saturated carbocycles. The topological polar surface area (TPSA) is 80.5 Å². The number of fused-ring (bicyclic) bond motifs is 1. The van der Waals surface area contributed by atoms with E-state index in [1.54, 1.807) is 18.8 Å². The number of aryl methyl sites for hydroxylation is 2. The molecule has 0 fully saturated rings. The second-order valence-corrected chi connectivity index (χ2v) is 4.81. The highest BCUT2D eigenvalue weighted by Gasteiger charge is 2.22. The molecule has 2 aromatic rings. The van der Waals surface area contributed by atoms with E-state index in [-0.39, 0.29) is 5.56 Å². The van der Waals surface area contributed by atoms with Crippen LogP contribution in [-0.2, 0) is 11.8 Å². The second-order valence-electron chi connectivity index (χ2n) is 4.81. The summed E-state index contributed by atoms with van der Waals surface area (Å²) in [5.74, 6) is -0.987. The molecule has 0 atom stereocenters. The van der Waals surface area contributed by atoms with Crippen molar-refractivity contribution in [2.75, 3.05) is 31.7 Å². The highest BCUT2D eigenvalue weighted by atomic mass is 16.5. The van der Waals surface area contributed by atoms with Crippen LogP contribution in [0.15, 0.2) is 6.20 Å². The SMILES string of the molecule is CCN(CCOC)c1c(C(=O)O)cnc2c1c(C)nn2C. The Bertz CT molecular complexity index is 666. The van der Waals surface area contributed by atoms with Crippen molar-refractivity contribution in [1.82, 2.24) is 14.8 Å². The fourth-order valence-corrected chi connectivity index (χ4v) is 2.51. The van der Waals surface area contributed by atoms with Gasteiger partial charge in [0.2, 0.25) is 0 Å². The van der Waals surface area contributed by atoms with Crippen LogP contribution in [0.4, 0.5) is 5.69 Å². The first-order chi connectivity index (χ1) is 10.0. The number of rotatable bonds is 6. The number of carbonyl (C=O) groups is 1. The first-order valence-electron chi connectivity index (χ1n) is 6.80. The number of pyridine rings is 1. The first kappa shape index (κ1) is 15.2. The lowest BCUT2D eigenvalue weighted by molar-refractivity contribution is 0.0697. The molecule has 0 aliphatic carbocycles. The Morgan fingerprint density at radius 1 is 1.52 bits per heavy atom. The van der Waals surface area contributed by atoms with Gasteiger partial charge in [0.1, 0.15) is 5.56 Å². The van der Waals surface area contributed by atoms with Crippen LogP contribution in [0.1, 0.15) is 23.0 Å². The molecular formula is C14H20N4O3. The molecule has 1 N–H and O–H groups in total. The Balaban J connectivity index is 2.71. The highest BCUT2D eigenvalue weighted by molar-refractivity contribution is 6.04. The average molecular weight is 292 g/mol. The van der Waals surface area contributed by atoms with Crippen molar-refractivity contribution in [2.24, 2.45) is 7.05 Å². The van der Waals surface area contributed by atoms with Crippen LogP contribution in [0.25, 0.3) is 11.0 Å². The third-order valence-corrected chi connectivity index (χ3v) is 3.49. The molecule has 7 nitrogen and oxygen atoms in total. The number of likely N-dealkylation sites (N-methyl/N-ethyl adjacent to an activating group) is 1. The Morgan fingerprint density at radius 2 is 2.24 bits per heavy atom. The maximum atomic E-state index is 11.6. The van der Waals surface area contributed by atoms with Gasteiger partial charge < -0.3 is 14.7 Å². The van der Waals surface area contributed by atoms with E-state index in [2.05, 4.69) is 10.1 Å². The third-order valence-electron chi connectivity index (χ3n) is 3.49. The summed E-state index contributed by atoms with van der Waals surface area (Å²) in [4.78, 5) is 17.8. The summed E-state index contributed by atoms with van der Waals surface area (Å²) in [7, 11) is 3.43. The largest absolute Gasteiger partial charge is 0.478 e. The Labute approximate surface area is 123 Å². The predicted octanol–water partition coefficient (Wildman–Crippen LogP) is 1.45. The predicted molar refractivity (Wildman–Crippen MR) is 80.0 cm³/mol. The van der Waals surface area contributed by atoms with Crippen molar-refractivity contribution in [1.29, 1.82) is 0 Å². The van der Waals surface area contributed by atoms with Gasteiger partial charge in [-0.25, -0.2) is 9.78 Å². The van der Waals surface area contributed by atoms with Crippen LogP contribution in [0.2, 0.25) is 0 Å². The third kappa shape index (κ3) is 2.69. The fourth-order valence-electron chi connectivity index (χ4n) is 2.51. The van der Waals surface area contributed by atoms with Crippen molar-refractivity contribution >= 4 is 22.7 Å². The van der Waals surface area contributed by atoms with Crippen LogP contribution >= 0.6 is 0 Å². The van der Waals surface area contributed by atoms with E-state index < -0.39 is 5.97 Å². The van der Waals surface area contributed by atoms with Crippen molar-refractivity contribution in [3.63, 3.8) is 0 Å². The van der Waals surface area contributed by atoms with Gasteiger partial charge in [0.25, 0.3) is 0 Å². The molecule has 0 spiro atoms. The molecule has 2 rings (SSSR count). The number of carboxylic acid groups (broad SMARTS) is 1. The number of nitrogens with zero attached hydrogens (tertiary/aromatic N) is 4. The van der Waals surface area contributed by atoms with Gasteiger partial charge in [0, 0.05) is 33.4 Å². The minimum absolute atomic E-state index is 0.191. The molecule has 7 heteroatoms. The number of hydrogen-bond donors (Lipinski definition) is 1. The molecule has 0 unspecified atom stereocenters. The van der Waals surface area contributed by atoms with E-state index in [1.807, 2.05) is 18.7 Å². The molecule has 114 valence electrons. The van der Waals surface area contributed by atoms with Gasteiger partial charge in [0.05, 0.1) is 23.4 Å². The van der Waals surface area contributed by atoms with Crippen molar-refractivity contribution in [3.8, 4) is 0 Å². The normalized spacial score (nSPS) is 11.0. The van der Waals surface area contributed by atoms with Gasteiger partial charge in [-0.3, -0.25) is 4.68 Å². The minimum Gasteiger partial charge on any atom is -0.478 e. The summed E-state index contributed by atoms with van der Waals surface area (Å²) in [5, 5.41) is 14.6. The number of aromatic nitrogens is 3. The zero-order valence-electron chi connectivity index (χ0n) is 12.8. The van der Waals surface area contributed by atoms with Crippen LogP contribution in [0, 0.1) is 6.92 Å². The molecule has 0 saturated heterocycles.